The number of hydrogen-bond acceptors (Lipinski definition) is 6. The zero-order valence-corrected chi connectivity index (χ0v) is 18.0. The molecular formula is C23H31N3O6. The molecule has 2 heterocycles. The van der Waals surface area contributed by atoms with E-state index in [1.165, 1.54) is 0 Å². The van der Waals surface area contributed by atoms with E-state index >= 15 is 0 Å². The summed E-state index contributed by atoms with van der Waals surface area (Å²) in [5.74, 6) is -0.965. The molecule has 0 radical (unpaired) electrons. The van der Waals surface area contributed by atoms with Crippen molar-refractivity contribution in [2.75, 3.05) is 0 Å². The molecule has 2 amide bonds. The number of aliphatic hydroxyl groups is 3. The third-order valence-electron chi connectivity index (χ3n) is 6.61. The first kappa shape index (κ1) is 22.7. The van der Waals surface area contributed by atoms with Crippen molar-refractivity contribution in [3.8, 4) is 0 Å². The van der Waals surface area contributed by atoms with Crippen LogP contribution in [0.15, 0.2) is 30.5 Å². The molecule has 9 nitrogen and oxygen atoms in total. The number of nitrogens with one attached hydrogen (secondary N) is 3. The Kier molecular flexibility index (Phi) is 6.80. The molecule has 0 spiro atoms. The maximum Gasteiger partial charge on any atom is 0.227 e. The molecule has 1 saturated carbocycles. The van der Waals surface area contributed by atoms with Crippen molar-refractivity contribution in [1.29, 1.82) is 0 Å². The average Bonchev–Trinajstić information content (AvgIpc) is 3.19. The number of aromatic nitrogens is 1. The van der Waals surface area contributed by atoms with Gasteiger partial charge in [0.1, 0.15) is 18.3 Å². The number of fused-ring (bicyclic) bond motifs is 1. The van der Waals surface area contributed by atoms with Gasteiger partial charge in [0.05, 0.1) is 18.4 Å². The van der Waals surface area contributed by atoms with E-state index in [-0.39, 0.29) is 24.3 Å². The number of ether oxygens (including phenoxy) is 1. The van der Waals surface area contributed by atoms with E-state index in [4.69, 9.17) is 4.74 Å². The Morgan fingerprint density at radius 1 is 1.06 bits per heavy atom. The molecule has 2 aliphatic rings. The van der Waals surface area contributed by atoms with E-state index in [2.05, 4.69) is 15.6 Å². The monoisotopic (exact) mass is 445 g/mol. The van der Waals surface area contributed by atoms with E-state index in [1.54, 1.807) is 6.92 Å². The molecule has 4 rings (SSSR count). The molecule has 6 N–H and O–H groups in total. The van der Waals surface area contributed by atoms with Crippen LogP contribution in [0.2, 0.25) is 0 Å². The molecule has 1 aromatic heterocycles. The number of carbonyl (C=O) groups excluding carboxylic acids is 2. The first-order valence-corrected chi connectivity index (χ1v) is 11.2. The molecule has 2 fully saturated rings. The molecule has 9 heteroatoms. The van der Waals surface area contributed by atoms with E-state index in [0.717, 1.165) is 29.3 Å². The van der Waals surface area contributed by atoms with Gasteiger partial charge in [0.15, 0.2) is 6.23 Å². The van der Waals surface area contributed by atoms with Crippen LogP contribution in [-0.4, -0.2) is 68.8 Å². The molecule has 1 aromatic carbocycles. The smallest absolute Gasteiger partial charge is 0.227 e. The fourth-order valence-electron chi connectivity index (χ4n) is 4.74. The van der Waals surface area contributed by atoms with Crippen LogP contribution in [0.1, 0.15) is 38.2 Å². The van der Waals surface area contributed by atoms with Gasteiger partial charge in [-0.15, -0.1) is 0 Å². The van der Waals surface area contributed by atoms with Crippen LogP contribution in [0.5, 0.6) is 0 Å². The number of H-pyrrole nitrogens is 1. The summed E-state index contributed by atoms with van der Waals surface area (Å²) in [5, 5.41) is 36.7. The number of aromatic amines is 1. The summed E-state index contributed by atoms with van der Waals surface area (Å²) < 4.78 is 5.49. The number of carbonyl (C=O) groups is 2. The molecule has 1 saturated heterocycles. The van der Waals surface area contributed by atoms with Gasteiger partial charge in [-0.25, -0.2) is 0 Å². The van der Waals surface area contributed by atoms with Crippen LogP contribution < -0.4 is 10.6 Å². The Balaban J connectivity index is 1.39. The molecule has 32 heavy (non-hydrogen) atoms. The molecular weight excluding hydrogens is 414 g/mol. The largest absolute Gasteiger partial charge is 0.388 e. The van der Waals surface area contributed by atoms with E-state index in [0.29, 0.717) is 12.8 Å². The third kappa shape index (κ3) is 4.66. The van der Waals surface area contributed by atoms with Gasteiger partial charge in [0.2, 0.25) is 11.8 Å². The highest BCUT2D eigenvalue weighted by molar-refractivity contribution is 5.89. The van der Waals surface area contributed by atoms with Crippen molar-refractivity contribution >= 4 is 22.7 Å². The lowest BCUT2D eigenvalue weighted by atomic mass is 9.83. The number of para-hydroxylation sites is 1. The van der Waals surface area contributed by atoms with Crippen LogP contribution >= 0.6 is 0 Å². The first-order valence-electron chi connectivity index (χ1n) is 11.2. The number of hydrogen-bond donors (Lipinski definition) is 6. The molecule has 174 valence electrons. The van der Waals surface area contributed by atoms with Gasteiger partial charge in [-0.05, 0) is 31.4 Å². The third-order valence-corrected chi connectivity index (χ3v) is 6.61. The molecule has 1 aliphatic heterocycles. The van der Waals surface area contributed by atoms with Crippen molar-refractivity contribution in [1.82, 2.24) is 15.6 Å². The minimum atomic E-state index is -1.44. The number of aliphatic hydroxyl groups excluding tert-OH is 3. The Bertz CT molecular complexity index is 962. The fourth-order valence-corrected chi connectivity index (χ4v) is 4.74. The minimum Gasteiger partial charge on any atom is -0.388 e. The number of amides is 2. The molecule has 2 aromatic rings. The summed E-state index contributed by atoms with van der Waals surface area (Å²) in [6.07, 6.45) is -0.854. The highest BCUT2D eigenvalue weighted by Gasteiger charge is 2.43. The predicted octanol–water partition coefficient (Wildman–Crippen LogP) is 0.329. The Labute approximate surface area is 186 Å². The Morgan fingerprint density at radius 3 is 2.62 bits per heavy atom. The summed E-state index contributed by atoms with van der Waals surface area (Å²) >= 11 is 0. The average molecular weight is 446 g/mol. The standard InChI is InChI=1S/C23H31N3O6/c1-12-19(28)20(29)21(30)23(32-12)26-22(31)15-7-3-5-9-17(15)25-18(27)10-13-11-24-16-8-4-2-6-14(13)16/h2,4,6,8,11-12,15,17,19-21,23-24,28-30H,3,5,7,9-10H2,1H3,(H,25,27)(H,26,31)/t12-,15-,17+,19+,20+,21-,23+/m0/s1. The lowest BCUT2D eigenvalue weighted by Crippen LogP contribution is -2.63. The van der Waals surface area contributed by atoms with Crippen LogP contribution in [0.25, 0.3) is 10.9 Å². The highest BCUT2D eigenvalue weighted by Crippen LogP contribution is 2.27. The van der Waals surface area contributed by atoms with Crippen molar-refractivity contribution in [3.63, 3.8) is 0 Å². The summed E-state index contributed by atoms with van der Waals surface area (Å²) in [6.45, 7) is 1.56. The van der Waals surface area contributed by atoms with Crippen molar-refractivity contribution < 1.29 is 29.6 Å². The normalized spacial score (nSPS) is 33.1. The summed E-state index contributed by atoms with van der Waals surface area (Å²) in [5.41, 5.74) is 1.87. The molecule has 1 aliphatic carbocycles. The Morgan fingerprint density at radius 2 is 1.81 bits per heavy atom. The lowest BCUT2D eigenvalue weighted by Gasteiger charge is -2.40. The zero-order chi connectivity index (χ0) is 22.8. The van der Waals surface area contributed by atoms with Crippen molar-refractivity contribution in [2.45, 2.75) is 75.7 Å². The second-order valence-electron chi connectivity index (χ2n) is 8.84. The lowest BCUT2D eigenvalue weighted by molar-refractivity contribution is -0.225. The second-order valence-corrected chi connectivity index (χ2v) is 8.84. The summed E-state index contributed by atoms with van der Waals surface area (Å²) in [4.78, 5) is 28.9. The van der Waals surface area contributed by atoms with Crippen LogP contribution in [0, 0.1) is 5.92 Å². The Hall–Kier alpha value is -2.46. The maximum absolute atomic E-state index is 13.0. The van der Waals surface area contributed by atoms with Gasteiger partial charge in [-0.1, -0.05) is 31.0 Å². The van der Waals surface area contributed by atoms with Crippen LogP contribution in [0.4, 0.5) is 0 Å². The van der Waals surface area contributed by atoms with E-state index < -0.39 is 36.6 Å². The minimum absolute atomic E-state index is 0.152. The van der Waals surface area contributed by atoms with Crippen LogP contribution in [0.3, 0.4) is 0 Å². The van der Waals surface area contributed by atoms with Crippen molar-refractivity contribution in [3.05, 3.63) is 36.0 Å². The number of rotatable bonds is 5. The van der Waals surface area contributed by atoms with Gasteiger partial charge in [0, 0.05) is 23.1 Å². The van der Waals surface area contributed by atoms with Crippen LogP contribution in [-0.2, 0) is 20.7 Å². The SMILES string of the molecule is C[C@@H]1O[C@@H](NC(=O)[C@H]2CCCC[C@H]2NC(=O)Cc2c[nH]c3ccccc23)[C@@H](O)[C@H](O)[C@@H]1O. The van der Waals surface area contributed by atoms with Gasteiger partial charge in [-0.2, -0.15) is 0 Å². The van der Waals surface area contributed by atoms with Gasteiger partial charge < -0.3 is 35.7 Å². The molecule has 0 bridgehead atoms. The highest BCUT2D eigenvalue weighted by atomic mass is 16.5. The van der Waals surface area contributed by atoms with Gasteiger partial charge in [-0.3, -0.25) is 9.59 Å². The fraction of sp³-hybridized carbons (Fsp3) is 0.565. The maximum atomic E-state index is 13.0. The summed E-state index contributed by atoms with van der Waals surface area (Å²) in [7, 11) is 0. The number of benzene rings is 1. The van der Waals surface area contributed by atoms with Gasteiger partial charge >= 0.3 is 0 Å². The molecule has 0 unspecified atom stereocenters. The first-order chi connectivity index (χ1) is 15.3. The summed E-state index contributed by atoms with van der Waals surface area (Å²) in [6, 6.07) is 7.46. The topological polar surface area (TPSA) is 144 Å². The van der Waals surface area contributed by atoms with Crippen molar-refractivity contribution in [2.24, 2.45) is 5.92 Å². The quantitative estimate of drug-likeness (QED) is 0.391. The molecule has 7 atom stereocenters. The van der Waals surface area contributed by atoms with Gasteiger partial charge in [0.25, 0.3) is 0 Å². The predicted molar refractivity (Wildman–Crippen MR) is 116 cm³/mol. The van der Waals surface area contributed by atoms with E-state index in [9.17, 15) is 24.9 Å². The van der Waals surface area contributed by atoms with E-state index in [1.807, 2.05) is 30.5 Å². The zero-order valence-electron chi connectivity index (χ0n) is 18.0. The second kappa shape index (κ2) is 9.58.